The van der Waals surface area contributed by atoms with Crippen molar-refractivity contribution in [3.63, 3.8) is 0 Å². The van der Waals surface area contributed by atoms with Crippen molar-refractivity contribution in [3.8, 4) is 5.92 Å². The van der Waals surface area contributed by atoms with Gasteiger partial charge in [-0.15, -0.1) is 0 Å². The van der Waals surface area contributed by atoms with E-state index in [2.05, 4.69) is 15.9 Å². The van der Waals surface area contributed by atoms with Crippen LogP contribution >= 0.6 is 0 Å². The van der Waals surface area contributed by atoms with Gasteiger partial charge in [0.15, 0.2) is 5.82 Å². The molecule has 0 aliphatic heterocycles. The minimum Gasteiger partial charge on any atom is -0.335 e. The van der Waals surface area contributed by atoms with Crippen LogP contribution in [0.25, 0.3) is 0 Å². The van der Waals surface area contributed by atoms with Gasteiger partial charge in [0.2, 0.25) is 0 Å². The van der Waals surface area contributed by atoms with Gasteiger partial charge in [-0.1, -0.05) is 0 Å². The Labute approximate surface area is 54.3 Å². The van der Waals surface area contributed by atoms with E-state index in [4.69, 9.17) is 6.42 Å². The number of aromatic nitrogens is 2. The molecule has 45 valence electrons. The average Bonchev–Trinajstić information content (AvgIpc) is 2.13. The Morgan fingerprint density at radius 3 is 2.44 bits per heavy atom. The van der Waals surface area contributed by atoms with E-state index >= 15 is 0 Å². The Kier molecular flexibility index (Phi) is 1.27. The SMILES string of the molecule is [C]#Cc1nc(C)c(C)[nH]1. The molecule has 2 heteroatoms. The molecule has 1 heterocycles. The summed E-state index contributed by atoms with van der Waals surface area (Å²) in [6, 6.07) is 0. The third kappa shape index (κ3) is 0.945. The average molecular weight is 119 g/mol. The molecule has 0 atom stereocenters. The van der Waals surface area contributed by atoms with Crippen LogP contribution in [0.2, 0.25) is 0 Å². The first-order valence-corrected chi connectivity index (χ1v) is 2.70. The predicted molar refractivity (Wildman–Crippen MR) is 34.3 cm³/mol. The van der Waals surface area contributed by atoms with Crippen LogP contribution < -0.4 is 0 Å². The van der Waals surface area contributed by atoms with Crippen molar-refractivity contribution in [3.05, 3.63) is 23.6 Å². The van der Waals surface area contributed by atoms with E-state index in [1.807, 2.05) is 13.8 Å². The number of hydrogen-bond donors (Lipinski definition) is 1. The maximum Gasteiger partial charge on any atom is 0.184 e. The summed E-state index contributed by atoms with van der Waals surface area (Å²) in [5, 5.41) is 0. The van der Waals surface area contributed by atoms with Crippen LogP contribution in [0.3, 0.4) is 0 Å². The van der Waals surface area contributed by atoms with Crippen LogP contribution in [0.5, 0.6) is 0 Å². The highest BCUT2D eigenvalue weighted by Gasteiger charge is 1.96. The van der Waals surface area contributed by atoms with Gasteiger partial charge in [-0.3, -0.25) is 0 Å². The number of nitrogens with zero attached hydrogens (tertiary/aromatic N) is 1. The molecule has 0 aliphatic carbocycles. The van der Waals surface area contributed by atoms with Crippen molar-refractivity contribution in [1.29, 1.82) is 0 Å². The Hall–Kier alpha value is -1.23. The summed E-state index contributed by atoms with van der Waals surface area (Å²) in [5.41, 5.74) is 1.94. The molecule has 0 aliphatic rings. The fourth-order valence-corrected chi connectivity index (χ4v) is 0.607. The molecule has 0 unspecified atom stereocenters. The van der Waals surface area contributed by atoms with E-state index in [9.17, 15) is 0 Å². The predicted octanol–water partition coefficient (Wildman–Crippen LogP) is 0.964. The van der Waals surface area contributed by atoms with Crippen LogP contribution in [0.4, 0.5) is 0 Å². The minimum absolute atomic E-state index is 0.505. The van der Waals surface area contributed by atoms with Crippen LogP contribution in [0.15, 0.2) is 0 Å². The molecule has 0 spiro atoms. The third-order valence-electron chi connectivity index (χ3n) is 1.25. The Balaban J connectivity index is 3.16. The second-order valence-corrected chi connectivity index (χ2v) is 1.92. The molecule has 0 fully saturated rings. The Morgan fingerprint density at radius 2 is 2.22 bits per heavy atom. The van der Waals surface area contributed by atoms with Crippen molar-refractivity contribution >= 4 is 0 Å². The van der Waals surface area contributed by atoms with E-state index in [0.717, 1.165) is 11.4 Å². The monoisotopic (exact) mass is 119 g/mol. The first kappa shape index (κ1) is 5.90. The molecular weight excluding hydrogens is 112 g/mol. The smallest absolute Gasteiger partial charge is 0.184 e. The molecule has 0 bridgehead atoms. The van der Waals surface area contributed by atoms with Gasteiger partial charge in [0.25, 0.3) is 0 Å². The molecule has 0 saturated heterocycles. The molecule has 9 heavy (non-hydrogen) atoms. The van der Waals surface area contributed by atoms with E-state index in [0.29, 0.717) is 5.82 Å². The van der Waals surface area contributed by atoms with Gasteiger partial charge < -0.3 is 4.98 Å². The summed E-state index contributed by atoms with van der Waals surface area (Å²) in [6.07, 6.45) is 6.71. The topological polar surface area (TPSA) is 28.7 Å². The highest BCUT2D eigenvalue weighted by Crippen LogP contribution is 2.00. The second kappa shape index (κ2) is 1.94. The fraction of sp³-hybridized carbons (Fsp3) is 0.286. The summed E-state index contributed by atoms with van der Waals surface area (Å²) in [5.74, 6) is 2.68. The normalized spacial score (nSPS) is 9.00. The van der Waals surface area contributed by atoms with Crippen molar-refractivity contribution in [1.82, 2.24) is 9.97 Å². The Bertz CT molecular complexity index is 233. The summed E-state index contributed by atoms with van der Waals surface area (Å²) in [7, 11) is 0. The molecule has 1 radical (unpaired) electrons. The summed E-state index contributed by atoms with van der Waals surface area (Å²) < 4.78 is 0. The maximum absolute atomic E-state index is 6.71. The lowest BCUT2D eigenvalue weighted by atomic mass is 10.4. The highest BCUT2D eigenvalue weighted by atomic mass is 14.9. The van der Waals surface area contributed by atoms with Gasteiger partial charge in [0.05, 0.1) is 5.69 Å². The van der Waals surface area contributed by atoms with E-state index < -0.39 is 0 Å². The molecular formula is C7H7N2. The summed E-state index contributed by atoms with van der Waals surface area (Å²) in [4.78, 5) is 6.86. The van der Waals surface area contributed by atoms with Gasteiger partial charge in [-0.2, -0.15) is 0 Å². The number of imidazole rings is 1. The third-order valence-corrected chi connectivity index (χ3v) is 1.25. The van der Waals surface area contributed by atoms with Gasteiger partial charge >= 0.3 is 0 Å². The van der Waals surface area contributed by atoms with Crippen molar-refractivity contribution in [2.75, 3.05) is 0 Å². The maximum atomic E-state index is 6.71. The number of hydrogen-bond acceptors (Lipinski definition) is 1. The number of H-pyrrole nitrogens is 1. The Morgan fingerprint density at radius 1 is 1.56 bits per heavy atom. The second-order valence-electron chi connectivity index (χ2n) is 1.92. The fourth-order valence-electron chi connectivity index (χ4n) is 0.607. The number of aryl methyl sites for hydroxylation is 2. The van der Waals surface area contributed by atoms with E-state index in [-0.39, 0.29) is 0 Å². The molecule has 0 saturated carbocycles. The number of rotatable bonds is 0. The van der Waals surface area contributed by atoms with Crippen molar-refractivity contribution in [2.45, 2.75) is 13.8 Å². The largest absolute Gasteiger partial charge is 0.335 e. The molecule has 1 aromatic rings. The molecule has 2 nitrogen and oxygen atoms in total. The quantitative estimate of drug-likeness (QED) is 0.506. The van der Waals surface area contributed by atoms with E-state index in [1.54, 1.807) is 0 Å². The first-order valence-electron chi connectivity index (χ1n) is 2.70. The van der Waals surface area contributed by atoms with Gasteiger partial charge in [-0.25, -0.2) is 4.98 Å². The summed E-state index contributed by atoms with van der Waals surface area (Å²) in [6.45, 7) is 3.82. The number of nitrogens with one attached hydrogen (secondary N) is 1. The molecule has 1 aromatic heterocycles. The van der Waals surface area contributed by atoms with Gasteiger partial charge in [0.1, 0.15) is 0 Å². The summed E-state index contributed by atoms with van der Waals surface area (Å²) >= 11 is 0. The van der Waals surface area contributed by atoms with Gasteiger partial charge in [0, 0.05) is 5.69 Å². The van der Waals surface area contributed by atoms with Crippen LogP contribution in [-0.2, 0) is 0 Å². The number of aromatic amines is 1. The molecule has 0 amide bonds. The zero-order valence-corrected chi connectivity index (χ0v) is 5.45. The lowest BCUT2D eigenvalue weighted by Gasteiger charge is -1.78. The van der Waals surface area contributed by atoms with Crippen LogP contribution in [0, 0.1) is 26.2 Å². The molecule has 1 rings (SSSR count). The van der Waals surface area contributed by atoms with E-state index in [1.165, 1.54) is 0 Å². The lowest BCUT2D eigenvalue weighted by Crippen LogP contribution is -1.73. The van der Waals surface area contributed by atoms with Gasteiger partial charge in [-0.05, 0) is 26.2 Å². The standard InChI is InChI=1S/C7H7N2/c1-4-7-8-5(2)6(3)9-7/h2-3H3,(H,8,9). The zero-order chi connectivity index (χ0) is 6.85. The minimum atomic E-state index is 0.505. The zero-order valence-electron chi connectivity index (χ0n) is 5.45. The molecule has 1 N–H and O–H groups in total. The highest BCUT2D eigenvalue weighted by molar-refractivity contribution is 5.20. The van der Waals surface area contributed by atoms with Crippen LogP contribution in [-0.4, -0.2) is 9.97 Å². The van der Waals surface area contributed by atoms with Crippen LogP contribution in [0.1, 0.15) is 17.2 Å². The lowest BCUT2D eigenvalue weighted by molar-refractivity contribution is 1.21. The van der Waals surface area contributed by atoms with Crippen molar-refractivity contribution < 1.29 is 0 Å². The van der Waals surface area contributed by atoms with Crippen molar-refractivity contribution in [2.24, 2.45) is 0 Å². The molecule has 0 aromatic carbocycles. The first-order chi connectivity index (χ1) is 4.24.